The standard InChI is InChI=1S/C21H30N2O4/c1-22(2)20(24)16-7-6-12-23(14-16)21(25)15-10-11-18(19(13-15)26-3)27-17-8-4-5-9-17/h10-11,13,16-17H,4-9,12,14H2,1-3H3. The lowest BCUT2D eigenvalue weighted by Gasteiger charge is -2.33. The van der Waals surface area contributed by atoms with Gasteiger partial charge in [-0.2, -0.15) is 0 Å². The molecule has 1 aliphatic heterocycles. The summed E-state index contributed by atoms with van der Waals surface area (Å²) >= 11 is 0. The molecule has 1 heterocycles. The van der Waals surface area contributed by atoms with Gasteiger partial charge in [-0.15, -0.1) is 0 Å². The van der Waals surface area contributed by atoms with E-state index in [4.69, 9.17) is 9.47 Å². The summed E-state index contributed by atoms with van der Waals surface area (Å²) in [5.74, 6) is 1.19. The number of nitrogens with zero attached hydrogens (tertiary/aromatic N) is 2. The minimum Gasteiger partial charge on any atom is -0.493 e. The first kappa shape index (κ1) is 19.5. The normalized spacial score (nSPS) is 20.4. The molecule has 2 fully saturated rings. The predicted molar refractivity (Wildman–Crippen MR) is 103 cm³/mol. The van der Waals surface area contributed by atoms with E-state index in [1.807, 2.05) is 6.07 Å². The van der Waals surface area contributed by atoms with Crippen molar-refractivity contribution in [2.45, 2.75) is 44.6 Å². The Labute approximate surface area is 161 Å². The van der Waals surface area contributed by atoms with Crippen molar-refractivity contribution < 1.29 is 19.1 Å². The van der Waals surface area contributed by atoms with E-state index < -0.39 is 0 Å². The molecule has 1 saturated heterocycles. The molecule has 0 radical (unpaired) electrons. The molecule has 1 unspecified atom stereocenters. The fourth-order valence-corrected chi connectivity index (χ4v) is 3.99. The molecule has 1 atom stereocenters. The van der Waals surface area contributed by atoms with Gasteiger partial charge in [-0.1, -0.05) is 0 Å². The Balaban J connectivity index is 1.71. The van der Waals surface area contributed by atoms with Crippen molar-refractivity contribution in [1.82, 2.24) is 9.80 Å². The fraction of sp³-hybridized carbons (Fsp3) is 0.619. The second-order valence-electron chi connectivity index (χ2n) is 7.71. The molecule has 148 valence electrons. The molecule has 1 aliphatic carbocycles. The smallest absolute Gasteiger partial charge is 0.254 e. The van der Waals surface area contributed by atoms with Crippen molar-refractivity contribution in [3.63, 3.8) is 0 Å². The number of hydrogen-bond donors (Lipinski definition) is 0. The maximum Gasteiger partial charge on any atom is 0.254 e. The number of amides is 2. The molecule has 0 spiro atoms. The molecule has 0 aromatic heterocycles. The molecule has 2 aliphatic rings. The van der Waals surface area contributed by atoms with Crippen LogP contribution in [0.1, 0.15) is 48.9 Å². The third-order valence-electron chi connectivity index (χ3n) is 5.51. The molecule has 1 saturated carbocycles. The van der Waals surface area contributed by atoms with Gasteiger partial charge >= 0.3 is 0 Å². The van der Waals surface area contributed by atoms with E-state index in [0.29, 0.717) is 30.2 Å². The Hall–Kier alpha value is -2.24. The van der Waals surface area contributed by atoms with E-state index in [9.17, 15) is 9.59 Å². The summed E-state index contributed by atoms with van der Waals surface area (Å²) in [6.07, 6.45) is 6.45. The molecule has 6 nitrogen and oxygen atoms in total. The summed E-state index contributed by atoms with van der Waals surface area (Å²) in [5, 5.41) is 0. The summed E-state index contributed by atoms with van der Waals surface area (Å²) in [7, 11) is 5.12. The third kappa shape index (κ3) is 4.54. The van der Waals surface area contributed by atoms with Crippen LogP contribution >= 0.6 is 0 Å². The van der Waals surface area contributed by atoms with Gasteiger partial charge in [-0.25, -0.2) is 0 Å². The zero-order valence-corrected chi connectivity index (χ0v) is 16.6. The van der Waals surface area contributed by atoms with Crippen LogP contribution in [-0.4, -0.2) is 62.0 Å². The number of likely N-dealkylation sites (tertiary alicyclic amines) is 1. The monoisotopic (exact) mass is 374 g/mol. The number of carbonyl (C=O) groups is 2. The molecule has 0 N–H and O–H groups in total. The van der Waals surface area contributed by atoms with Crippen molar-refractivity contribution >= 4 is 11.8 Å². The molecule has 1 aromatic rings. The summed E-state index contributed by atoms with van der Waals surface area (Å²) in [6, 6.07) is 5.38. The van der Waals surface area contributed by atoms with Gasteiger partial charge in [0.25, 0.3) is 5.91 Å². The molecular formula is C21H30N2O4. The number of rotatable bonds is 5. The van der Waals surface area contributed by atoms with Gasteiger partial charge in [-0.05, 0) is 56.7 Å². The number of piperidine rings is 1. The minimum absolute atomic E-state index is 0.0584. The molecule has 27 heavy (non-hydrogen) atoms. The molecule has 3 rings (SSSR count). The highest BCUT2D eigenvalue weighted by Crippen LogP contribution is 2.33. The lowest BCUT2D eigenvalue weighted by Crippen LogP contribution is -2.45. The van der Waals surface area contributed by atoms with Crippen molar-refractivity contribution in [1.29, 1.82) is 0 Å². The lowest BCUT2D eigenvalue weighted by molar-refractivity contribution is -0.134. The van der Waals surface area contributed by atoms with Crippen molar-refractivity contribution in [3.05, 3.63) is 23.8 Å². The largest absolute Gasteiger partial charge is 0.493 e. The molecular weight excluding hydrogens is 344 g/mol. The minimum atomic E-state index is -0.121. The van der Waals surface area contributed by atoms with E-state index in [2.05, 4.69) is 0 Å². The van der Waals surface area contributed by atoms with Crippen LogP contribution in [0.5, 0.6) is 11.5 Å². The highest BCUT2D eigenvalue weighted by Gasteiger charge is 2.30. The van der Waals surface area contributed by atoms with Crippen molar-refractivity contribution in [2.75, 3.05) is 34.3 Å². The van der Waals surface area contributed by atoms with E-state index >= 15 is 0 Å². The topological polar surface area (TPSA) is 59.1 Å². The first-order chi connectivity index (χ1) is 13.0. The number of benzene rings is 1. The second kappa shape index (κ2) is 8.63. The van der Waals surface area contributed by atoms with E-state index in [1.54, 1.807) is 43.1 Å². The van der Waals surface area contributed by atoms with Gasteiger partial charge in [-0.3, -0.25) is 9.59 Å². The summed E-state index contributed by atoms with van der Waals surface area (Å²) < 4.78 is 11.5. The first-order valence-corrected chi connectivity index (χ1v) is 9.84. The van der Waals surface area contributed by atoms with E-state index in [0.717, 1.165) is 25.7 Å². The van der Waals surface area contributed by atoms with Gasteiger partial charge in [0, 0.05) is 32.7 Å². The van der Waals surface area contributed by atoms with Crippen LogP contribution in [0.4, 0.5) is 0 Å². The zero-order chi connectivity index (χ0) is 19.4. The molecule has 1 aromatic carbocycles. The predicted octanol–water partition coefficient (Wildman–Crippen LogP) is 2.96. The number of hydrogen-bond acceptors (Lipinski definition) is 4. The first-order valence-electron chi connectivity index (χ1n) is 9.84. The highest BCUT2D eigenvalue weighted by molar-refractivity contribution is 5.95. The Morgan fingerprint density at radius 3 is 2.48 bits per heavy atom. The quantitative estimate of drug-likeness (QED) is 0.795. The van der Waals surface area contributed by atoms with Gasteiger partial charge < -0.3 is 19.3 Å². The van der Waals surface area contributed by atoms with Gasteiger partial charge in [0.15, 0.2) is 11.5 Å². The van der Waals surface area contributed by atoms with Gasteiger partial charge in [0.2, 0.25) is 5.91 Å². The Morgan fingerprint density at radius 2 is 1.81 bits per heavy atom. The number of carbonyl (C=O) groups excluding carboxylic acids is 2. The van der Waals surface area contributed by atoms with Crippen LogP contribution in [0.15, 0.2) is 18.2 Å². The summed E-state index contributed by atoms with van der Waals surface area (Å²) in [4.78, 5) is 28.6. The van der Waals surface area contributed by atoms with Gasteiger partial charge in [0.05, 0.1) is 19.1 Å². The second-order valence-corrected chi connectivity index (χ2v) is 7.71. The van der Waals surface area contributed by atoms with E-state index in [-0.39, 0.29) is 23.8 Å². The summed E-state index contributed by atoms with van der Waals surface area (Å²) in [6.45, 7) is 1.15. The van der Waals surface area contributed by atoms with Gasteiger partial charge in [0.1, 0.15) is 0 Å². The lowest BCUT2D eigenvalue weighted by atomic mass is 9.96. The maximum absolute atomic E-state index is 13.0. The molecule has 0 bridgehead atoms. The fourth-order valence-electron chi connectivity index (χ4n) is 3.99. The highest BCUT2D eigenvalue weighted by atomic mass is 16.5. The number of ether oxygens (including phenoxy) is 2. The summed E-state index contributed by atoms with van der Waals surface area (Å²) in [5.41, 5.74) is 0.573. The van der Waals surface area contributed by atoms with Crippen LogP contribution in [-0.2, 0) is 4.79 Å². The van der Waals surface area contributed by atoms with E-state index in [1.165, 1.54) is 12.8 Å². The van der Waals surface area contributed by atoms with Crippen LogP contribution in [0.3, 0.4) is 0 Å². The average Bonchev–Trinajstić information content (AvgIpc) is 3.20. The Morgan fingerprint density at radius 1 is 1.07 bits per heavy atom. The average molecular weight is 374 g/mol. The maximum atomic E-state index is 13.0. The van der Waals surface area contributed by atoms with Crippen LogP contribution in [0.25, 0.3) is 0 Å². The third-order valence-corrected chi connectivity index (χ3v) is 5.51. The van der Waals surface area contributed by atoms with Crippen LogP contribution in [0, 0.1) is 5.92 Å². The SMILES string of the molecule is COc1cc(C(=O)N2CCCC(C(=O)N(C)C)C2)ccc1OC1CCCC1. The van der Waals surface area contributed by atoms with Crippen molar-refractivity contribution in [2.24, 2.45) is 5.92 Å². The van der Waals surface area contributed by atoms with Crippen molar-refractivity contribution in [3.8, 4) is 11.5 Å². The zero-order valence-electron chi connectivity index (χ0n) is 16.6. The Bertz CT molecular complexity index is 683. The molecule has 2 amide bonds. The van der Waals surface area contributed by atoms with Crippen LogP contribution < -0.4 is 9.47 Å². The Kier molecular flexibility index (Phi) is 6.24. The molecule has 6 heteroatoms. The number of methoxy groups -OCH3 is 1. The van der Waals surface area contributed by atoms with Crippen LogP contribution in [0.2, 0.25) is 0 Å².